The highest BCUT2D eigenvalue weighted by molar-refractivity contribution is 7.09. The van der Waals surface area contributed by atoms with Gasteiger partial charge in [0.05, 0.1) is 6.04 Å². The van der Waals surface area contributed by atoms with Crippen molar-refractivity contribution in [2.75, 3.05) is 0 Å². The molecule has 0 bridgehead atoms. The molecule has 0 aromatic carbocycles. The van der Waals surface area contributed by atoms with Crippen LogP contribution >= 0.6 is 11.3 Å². The van der Waals surface area contributed by atoms with Crippen molar-refractivity contribution in [3.8, 4) is 0 Å². The number of hydrogen-bond acceptors (Lipinski definition) is 4. The first-order valence-electron chi connectivity index (χ1n) is 5.68. The molecule has 0 aliphatic heterocycles. The number of thiazole rings is 1. The number of hydrogen-bond donors (Lipinski definition) is 2. The number of nitrogens with one attached hydrogen (secondary N) is 1. The minimum Gasteiger partial charge on any atom is -0.326 e. The lowest BCUT2D eigenvalue weighted by Crippen LogP contribution is -2.47. The largest absolute Gasteiger partial charge is 0.326 e. The van der Waals surface area contributed by atoms with Gasteiger partial charge in [-0.2, -0.15) is 0 Å². The topological polar surface area (TPSA) is 50.9 Å². The second kappa shape index (κ2) is 5.05. The summed E-state index contributed by atoms with van der Waals surface area (Å²) in [6, 6.07) is 1.12. The molecule has 1 saturated carbocycles. The molecule has 0 saturated heterocycles. The van der Waals surface area contributed by atoms with Crippen LogP contribution in [0, 0.1) is 0 Å². The zero-order valence-electron chi connectivity index (χ0n) is 9.15. The number of nitrogens with zero attached hydrogens (tertiary/aromatic N) is 1. The van der Waals surface area contributed by atoms with Gasteiger partial charge in [0.1, 0.15) is 5.01 Å². The second-order valence-electron chi connectivity index (χ2n) is 4.31. The van der Waals surface area contributed by atoms with Crippen LogP contribution in [0.1, 0.15) is 43.7 Å². The van der Waals surface area contributed by atoms with E-state index >= 15 is 0 Å². The van der Waals surface area contributed by atoms with E-state index in [-0.39, 0.29) is 0 Å². The zero-order chi connectivity index (χ0) is 10.7. The third-order valence-corrected chi connectivity index (χ3v) is 4.06. The van der Waals surface area contributed by atoms with Crippen molar-refractivity contribution in [2.24, 2.45) is 5.73 Å². The predicted molar refractivity (Wildman–Crippen MR) is 63.9 cm³/mol. The summed E-state index contributed by atoms with van der Waals surface area (Å²) in [7, 11) is 0. The normalized spacial score (nSPS) is 28.9. The number of aromatic nitrogens is 1. The maximum atomic E-state index is 6.10. The summed E-state index contributed by atoms with van der Waals surface area (Å²) in [4.78, 5) is 4.32. The molecule has 2 rings (SSSR count). The van der Waals surface area contributed by atoms with E-state index in [1.807, 2.05) is 11.6 Å². The van der Waals surface area contributed by atoms with Crippen molar-refractivity contribution in [1.29, 1.82) is 0 Å². The van der Waals surface area contributed by atoms with Gasteiger partial charge in [-0.3, -0.25) is 0 Å². The lowest BCUT2D eigenvalue weighted by Gasteiger charge is -2.31. The highest BCUT2D eigenvalue weighted by Crippen LogP contribution is 2.21. The Morgan fingerprint density at radius 3 is 3.00 bits per heavy atom. The van der Waals surface area contributed by atoms with Crippen LogP contribution in [-0.4, -0.2) is 17.1 Å². The Kier molecular flexibility index (Phi) is 3.72. The van der Waals surface area contributed by atoms with E-state index in [1.54, 1.807) is 11.3 Å². The Bertz CT molecular complexity index is 286. The molecular formula is C11H19N3S. The molecule has 84 valence electrons. The summed E-state index contributed by atoms with van der Waals surface area (Å²) in [5.41, 5.74) is 6.10. The minimum atomic E-state index is 0.321. The van der Waals surface area contributed by atoms with E-state index in [1.165, 1.54) is 19.3 Å². The van der Waals surface area contributed by atoms with Gasteiger partial charge in [-0.05, 0) is 19.8 Å². The molecule has 0 unspecified atom stereocenters. The quantitative estimate of drug-likeness (QED) is 0.828. The van der Waals surface area contributed by atoms with E-state index in [9.17, 15) is 0 Å². The third-order valence-electron chi connectivity index (χ3n) is 3.11. The fraction of sp³-hybridized carbons (Fsp3) is 0.727. The first-order valence-corrected chi connectivity index (χ1v) is 6.56. The van der Waals surface area contributed by atoms with Crippen LogP contribution < -0.4 is 11.1 Å². The Morgan fingerprint density at radius 1 is 1.53 bits per heavy atom. The Hall–Kier alpha value is -0.450. The zero-order valence-corrected chi connectivity index (χ0v) is 9.96. The third kappa shape index (κ3) is 2.77. The van der Waals surface area contributed by atoms with Crippen LogP contribution in [0.5, 0.6) is 0 Å². The molecule has 1 aliphatic carbocycles. The maximum absolute atomic E-state index is 6.10. The van der Waals surface area contributed by atoms with Gasteiger partial charge in [-0.15, -0.1) is 11.3 Å². The van der Waals surface area contributed by atoms with Crippen molar-refractivity contribution in [1.82, 2.24) is 10.3 Å². The average Bonchev–Trinajstić information content (AvgIpc) is 2.74. The average molecular weight is 225 g/mol. The molecular weight excluding hydrogens is 206 g/mol. The van der Waals surface area contributed by atoms with Crippen molar-refractivity contribution in [3.63, 3.8) is 0 Å². The van der Waals surface area contributed by atoms with E-state index in [4.69, 9.17) is 5.73 Å². The molecule has 3 N–H and O–H groups in total. The lowest BCUT2D eigenvalue weighted by atomic mass is 9.90. The van der Waals surface area contributed by atoms with Crippen LogP contribution in [0.4, 0.5) is 0 Å². The second-order valence-corrected chi connectivity index (χ2v) is 5.24. The SMILES string of the molecule is C[C@H](N[C@H]1CCCC[C@@H]1N)c1nccs1. The molecule has 0 radical (unpaired) electrons. The Balaban J connectivity index is 1.90. The van der Waals surface area contributed by atoms with Crippen molar-refractivity contribution in [3.05, 3.63) is 16.6 Å². The van der Waals surface area contributed by atoms with Gasteiger partial charge in [0.25, 0.3) is 0 Å². The highest BCUT2D eigenvalue weighted by Gasteiger charge is 2.23. The van der Waals surface area contributed by atoms with Gasteiger partial charge in [0.15, 0.2) is 0 Å². The standard InChI is InChI=1S/C11H19N3S/c1-8(11-13-6-7-15-11)14-10-5-3-2-4-9(10)12/h6-10,14H,2-5,12H2,1H3/t8-,9-,10-/m0/s1. The molecule has 0 amide bonds. The van der Waals surface area contributed by atoms with Gasteiger partial charge >= 0.3 is 0 Å². The molecule has 1 aromatic rings. The van der Waals surface area contributed by atoms with Gasteiger partial charge < -0.3 is 11.1 Å². The molecule has 3 nitrogen and oxygen atoms in total. The van der Waals surface area contributed by atoms with Crippen LogP contribution in [-0.2, 0) is 0 Å². The first kappa shape index (κ1) is 11.0. The smallest absolute Gasteiger partial charge is 0.109 e. The van der Waals surface area contributed by atoms with Crippen LogP contribution in [0.15, 0.2) is 11.6 Å². The van der Waals surface area contributed by atoms with Crippen LogP contribution in [0.2, 0.25) is 0 Å². The summed E-state index contributed by atoms with van der Waals surface area (Å²) >= 11 is 1.71. The summed E-state index contributed by atoms with van der Waals surface area (Å²) < 4.78 is 0. The first-order chi connectivity index (χ1) is 7.27. The van der Waals surface area contributed by atoms with Crippen LogP contribution in [0.3, 0.4) is 0 Å². The minimum absolute atomic E-state index is 0.321. The molecule has 1 heterocycles. The van der Waals surface area contributed by atoms with E-state index in [2.05, 4.69) is 17.2 Å². The van der Waals surface area contributed by atoms with Crippen molar-refractivity contribution < 1.29 is 0 Å². The summed E-state index contributed by atoms with van der Waals surface area (Å²) in [6.45, 7) is 2.17. The van der Waals surface area contributed by atoms with E-state index in [0.717, 1.165) is 11.4 Å². The maximum Gasteiger partial charge on any atom is 0.109 e. The molecule has 15 heavy (non-hydrogen) atoms. The molecule has 1 aromatic heterocycles. The molecule has 1 aliphatic rings. The van der Waals surface area contributed by atoms with Gasteiger partial charge in [-0.1, -0.05) is 12.8 Å². The Labute approximate surface area is 95.1 Å². The van der Waals surface area contributed by atoms with Gasteiger partial charge in [0.2, 0.25) is 0 Å². The Morgan fingerprint density at radius 2 is 2.33 bits per heavy atom. The van der Waals surface area contributed by atoms with E-state index < -0.39 is 0 Å². The van der Waals surface area contributed by atoms with Crippen LogP contribution in [0.25, 0.3) is 0 Å². The monoisotopic (exact) mass is 225 g/mol. The number of rotatable bonds is 3. The number of nitrogens with two attached hydrogens (primary N) is 1. The molecule has 1 fully saturated rings. The molecule has 0 spiro atoms. The molecule has 3 atom stereocenters. The van der Waals surface area contributed by atoms with Gasteiger partial charge in [0, 0.05) is 23.7 Å². The summed E-state index contributed by atoms with van der Waals surface area (Å²) in [5, 5.41) is 6.78. The van der Waals surface area contributed by atoms with E-state index in [0.29, 0.717) is 18.1 Å². The fourth-order valence-corrected chi connectivity index (χ4v) is 2.86. The summed E-state index contributed by atoms with van der Waals surface area (Å²) in [5.74, 6) is 0. The van der Waals surface area contributed by atoms with Crippen molar-refractivity contribution >= 4 is 11.3 Å². The highest BCUT2D eigenvalue weighted by atomic mass is 32.1. The van der Waals surface area contributed by atoms with Gasteiger partial charge in [-0.25, -0.2) is 4.98 Å². The lowest BCUT2D eigenvalue weighted by molar-refractivity contribution is 0.306. The van der Waals surface area contributed by atoms with Crippen molar-refractivity contribution in [2.45, 2.75) is 50.7 Å². The summed E-state index contributed by atoms with van der Waals surface area (Å²) in [6.07, 6.45) is 6.80. The molecule has 4 heteroatoms. The predicted octanol–water partition coefficient (Wildman–Crippen LogP) is 2.06. The fourth-order valence-electron chi connectivity index (χ4n) is 2.21.